The Kier molecular flexibility index (Phi) is 7.34. The maximum absolute atomic E-state index is 11.8. The van der Waals surface area contributed by atoms with Crippen LogP contribution in [0.5, 0.6) is 0 Å². The van der Waals surface area contributed by atoms with E-state index in [1.54, 1.807) is 0 Å². The Morgan fingerprint density at radius 3 is 2.25 bits per heavy atom. The number of amides is 1. The van der Waals surface area contributed by atoms with Crippen LogP contribution in [-0.2, 0) is 4.79 Å². The molecule has 0 aliphatic heterocycles. The van der Waals surface area contributed by atoms with Gasteiger partial charge in [0, 0.05) is 6.54 Å². The first-order valence-electron chi connectivity index (χ1n) is 6.18. The molecule has 0 aliphatic carbocycles. The van der Waals surface area contributed by atoms with Crippen LogP contribution in [0, 0.1) is 0 Å². The lowest BCUT2D eigenvalue weighted by Gasteiger charge is -2.25. The number of hydrogen-bond acceptors (Lipinski definition) is 3. The van der Waals surface area contributed by atoms with Gasteiger partial charge in [0.1, 0.15) is 0 Å². The average molecular weight is 229 g/mol. The SMILES string of the molecule is CCC(N)(CC)C(=O)NCCCCN(C)C. The van der Waals surface area contributed by atoms with Crippen molar-refractivity contribution >= 4 is 5.91 Å². The van der Waals surface area contributed by atoms with Crippen LogP contribution >= 0.6 is 0 Å². The summed E-state index contributed by atoms with van der Waals surface area (Å²) >= 11 is 0. The smallest absolute Gasteiger partial charge is 0.240 e. The third kappa shape index (κ3) is 5.47. The van der Waals surface area contributed by atoms with Crippen molar-refractivity contribution in [2.45, 2.75) is 45.1 Å². The van der Waals surface area contributed by atoms with Crippen LogP contribution in [0.25, 0.3) is 0 Å². The summed E-state index contributed by atoms with van der Waals surface area (Å²) in [6.45, 7) is 5.70. The Bertz CT molecular complexity index is 200. The van der Waals surface area contributed by atoms with Gasteiger partial charge in [-0.25, -0.2) is 0 Å². The fourth-order valence-electron chi connectivity index (χ4n) is 1.50. The molecule has 0 radical (unpaired) electrons. The van der Waals surface area contributed by atoms with Crippen molar-refractivity contribution in [1.29, 1.82) is 0 Å². The maximum Gasteiger partial charge on any atom is 0.240 e. The van der Waals surface area contributed by atoms with Crippen molar-refractivity contribution in [3.8, 4) is 0 Å². The standard InChI is InChI=1S/C12H27N3O/c1-5-12(13,6-2)11(16)14-9-7-8-10-15(3)4/h5-10,13H2,1-4H3,(H,14,16). The molecule has 0 rings (SSSR count). The molecule has 0 aromatic carbocycles. The highest BCUT2D eigenvalue weighted by Gasteiger charge is 2.29. The van der Waals surface area contributed by atoms with Gasteiger partial charge in [0.2, 0.25) is 5.91 Å². The van der Waals surface area contributed by atoms with Gasteiger partial charge < -0.3 is 16.0 Å². The summed E-state index contributed by atoms with van der Waals surface area (Å²) in [5.74, 6) is -0.0117. The van der Waals surface area contributed by atoms with Crippen molar-refractivity contribution in [2.24, 2.45) is 5.73 Å². The molecule has 0 aromatic rings. The van der Waals surface area contributed by atoms with Crippen LogP contribution in [0.2, 0.25) is 0 Å². The Morgan fingerprint density at radius 2 is 1.81 bits per heavy atom. The van der Waals surface area contributed by atoms with Crippen LogP contribution in [0.1, 0.15) is 39.5 Å². The summed E-state index contributed by atoms with van der Waals surface area (Å²) in [5, 5.41) is 2.92. The van der Waals surface area contributed by atoms with Gasteiger partial charge in [-0.1, -0.05) is 13.8 Å². The van der Waals surface area contributed by atoms with E-state index in [0.29, 0.717) is 12.8 Å². The van der Waals surface area contributed by atoms with Gasteiger partial charge in [0.15, 0.2) is 0 Å². The molecule has 1 amide bonds. The Balaban J connectivity index is 3.73. The molecule has 16 heavy (non-hydrogen) atoms. The van der Waals surface area contributed by atoms with Crippen LogP contribution < -0.4 is 11.1 Å². The lowest BCUT2D eigenvalue weighted by atomic mass is 9.93. The summed E-state index contributed by atoms with van der Waals surface area (Å²) in [7, 11) is 4.11. The first kappa shape index (κ1) is 15.4. The molecule has 96 valence electrons. The summed E-state index contributed by atoms with van der Waals surface area (Å²) in [6.07, 6.45) is 3.48. The number of nitrogens with one attached hydrogen (secondary N) is 1. The highest BCUT2D eigenvalue weighted by Crippen LogP contribution is 2.10. The summed E-state index contributed by atoms with van der Waals surface area (Å²) in [5.41, 5.74) is 5.30. The Hall–Kier alpha value is -0.610. The van der Waals surface area contributed by atoms with Crippen molar-refractivity contribution in [3.63, 3.8) is 0 Å². The largest absolute Gasteiger partial charge is 0.355 e. The molecule has 0 bridgehead atoms. The number of nitrogens with zero attached hydrogens (tertiary/aromatic N) is 1. The van der Waals surface area contributed by atoms with Gasteiger partial charge in [-0.15, -0.1) is 0 Å². The molecular weight excluding hydrogens is 202 g/mol. The molecule has 0 aromatic heterocycles. The molecule has 0 fully saturated rings. The van der Waals surface area contributed by atoms with E-state index in [9.17, 15) is 4.79 Å². The minimum atomic E-state index is -0.679. The fourth-order valence-corrected chi connectivity index (χ4v) is 1.50. The Morgan fingerprint density at radius 1 is 1.25 bits per heavy atom. The molecule has 0 atom stereocenters. The maximum atomic E-state index is 11.8. The molecule has 4 nitrogen and oxygen atoms in total. The average Bonchev–Trinajstić information content (AvgIpc) is 2.26. The van der Waals surface area contributed by atoms with Crippen LogP contribution in [0.15, 0.2) is 0 Å². The number of nitrogens with two attached hydrogens (primary N) is 1. The minimum absolute atomic E-state index is 0.0117. The fraction of sp³-hybridized carbons (Fsp3) is 0.917. The van der Waals surface area contributed by atoms with Crippen molar-refractivity contribution in [1.82, 2.24) is 10.2 Å². The second-order valence-electron chi connectivity index (χ2n) is 4.63. The van der Waals surface area contributed by atoms with E-state index in [1.807, 2.05) is 13.8 Å². The molecule has 0 saturated heterocycles. The van der Waals surface area contributed by atoms with Gasteiger partial charge in [-0.3, -0.25) is 4.79 Å². The highest BCUT2D eigenvalue weighted by molar-refractivity contribution is 5.85. The van der Waals surface area contributed by atoms with Crippen LogP contribution in [-0.4, -0.2) is 43.5 Å². The zero-order valence-electron chi connectivity index (χ0n) is 11.2. The van der Waals surface area contributed by atoms with Crippen LogP contribution in [0.4, 0.5) is 0 Å². The lowest BCUT2D eigenvalue weighted by Crippen LogP contribution is -2.53. The van der Waals surface area contributed by atoms with Crippen molar-refractivity contribution in [3.05, 3.63) is 0 Å². The van der Waals surface area contributed by atoms with Gasteiger partial charge in [0.05, 0.1) is 5.54 Å². The van der Waals surface area contributed by atoms with Gasteiger partial charge in [0.25, 0.3) is 0 Å². The topological polar surface area (TPSA) is 58.4 Å². The molecule has 0 saturated carbocycles. The zero-order chi connectivity index (χ0) is 12.6. The van der Waals surface area contributed by atoms with Crippen molar-refractivity contribution < 1.29 is 4.79 Å². The van der Waals surface area contributed by atoms with E-state index in [4.69, 9.17) is 5.73 Å². The van der Waals surface area contributed by atoms with Gasteiger partial charge in [-0.2, -0.15) is 0 Å². The monoisotopic (exact) mass is 229 g/mol. The quantitative estimate of drug-likeness (QED) is 0.610. The molecular formula is C12H27N3O. The number of carbonyl (C=O) groups excluding carboxylic acids is 1. The third-order valence-electron chi connectivity index (χ3n) is 3.03. The summed E-state index contributed by atoms with van der Waals surface area (Å²) in [6, 6.07) is 0. The van der Waals surface area contributed by atoms with Gasteiger partial charge in [-0.05, 0) is 46.3 Å². The number of hydrogen-bond donors (Lipinski definition) is 2. The van der Waals surface area contributed by atoms with Crippen molar-refractivity contribution in [2.75, 3.05) is 27.2 Å². The highest BCUT2D eigenvalue weighted by atomic mass is 16.2. The zero-order valence-corrected chi connectivity index (χ0v) is 11.2. The second kappa shape index (κ2) is 7.63. The summed E-state index contributed by atoms with van der Waals surface area (Å²) < 4.78 is 0. The molecule has 0 heterocycles. The van der Waals surface area contributed by atoms with E-state index in [2.05, 4.69) is 24.3 Å². The van der Waals surface area contributed by atoms with E-state index >= 15 is 0 Å². The Labute approximate surface area is 99.6 Å². The van der Waals surface area contributed by atoms with Gasteiger partial charge >= 0.3 is 0 Å². The number of rotatable bonds is 8. The molecule has 0 unspecified atom stereocenters. The number of carbonyl (C=O) groups is 1. The molecule has 0 spiro atoms. The second-order valence-corrected chi connectivity index (χ2v) is 4.63. The van der Waals surface area contributed by atoms with E-state index in [0.717, 1.165) is 25.9 Å². The van der Waals surface area contributed by atoms with Crippen LogP contribution in [0.3, 0.4) is 0 Å². The first-order valence-corrected chi connectivity index (χ1v) is 6.18. The normalized spacial score (nSPS) is 11.9. The third-order valence-corrected chi connectivity index (χ3v) is 3.03. The first-order chi connectivity index (χ1) is 7.46. The van der Waals surface area contributed by atoms with E-state index in [-0.39, 0.29) is 5.91 Å². The lowest BCUT2D eigenvalue weighted by molar-refractivity contribution is -0.126. The molecule has 4 heteroatoms. The molecule has 3 N–H and O–H groups in total. The van der Waals surface area contributed by atoms with E-state index in [1.165, 1.54) is 0 Å². The predicted octanol–water partition coefficient (Wildman–Crippen LogP) is 0.962. The molecule has 0 aliphatic rings. The summed E-state index contributed by atoms with van der Waals surface area (Å²) in [4.78, 5) is 13.9. The van der Waals surface area contributed by atoms with E-state index < -0.39 is 5.54 Å². The minimum Gasteiger partial charge on any atom is -0.355 e. The predicted molar refractivity (Wildman–Crippen MR) is 68.3 cm³/mol. The number of unbranched alkanes of at least 4 members (excludes halogenated alkanes) is 1.